The van der Waals surface area contributed by atoms with Crippen molar-refractivity contribution >= 4 is 29.2 Å². The molecule has 200 valence electrons. The second kappa shape index (κ2) is 9.80. The number of carbonyl (C=O) groups is 2. The summed E-state index contributed by atoms with van der Waals surface area (Å²) in [5, 5.41) is 19.9. The van der Waals surface area contributed by atoms with E-state index in [1.54, 1.807) is 0 Å². The molecule has 2 atom stereocenters. The number of carbonyl (C=O) groups excluding carboxylic acids is 1. The number of anilines is 1. The Kier molecular flexibility index (Phi) is 7.02. The van der Waals surface area contributed by atoms with Crippen molar-refractivity contribution in [2.45, 2.75) is 24.6 Å². The first-order valence-corrected chi connectivity index (χ1v) is 11.4. The van der Waals surface area contributed by atoms with Crippen LogP contribution in [0.4, 0.5) is 23.2 Å². The molecule has 0 spiro atoms. The van der Waals surface area contributed by atoms with Crippen molar-refractivity contribution in [1.29, 1.82) is 0 Å². The molecule has 0 bridgehead atoms. The first kappa shape index (κ1) is 27.2. The molecule has 38 heavy (non-hydrogen) atoms. The summed E-state index contributed by atoms with van der Waals surface area (Å²) in [7, 11) is 1.39. The Morgan fingerprint density at radius 3 is 2.37 bits per heavy atom. The Morgan fingerprint density at radius 1 is 1.11 bits per heavy atom. The predicted molar refractivity (Wildman–Crippen MR) is 129 cm³/mol. The van der Waals surface area contributed by atoms with E-state index in [0.717, 1.165) is 36.1 Å². The zero-order valence-corrected chi connectivity index (χ0v) is 20.6. The number of aromatic carboxylic acids is 1. The van der Waals surface area contributed by atoms with Crippen LogP contribution in [0, 0.1) is 5.82 Å². The van der Waals surface area contributed by atoms with Crippen LogP contribution < -0.4 is 14.4 Å². The average Bonchev–Trinajstić information content (AvgIpc) is 2.84. The number of hydrogen-bond donors (Lipinski definition) is 2. The highest BCUT2D eigenvalue weighted by molar-refractivity contribution is 6.31. The first-order valence-electron chi connectivity index (χ1n) is 11.1. The SMILES string of the molecule is CC(c1ccc(Oc2ccc(C(=O)O)c(F)c2)cc1Cl)C(O)(c1ccc2c(c1)N(C)C(=O)CO2)C(F)(F)F. The predicted octanol–water partition coefficient (Wildman–Crippen LogP) is 5.88. The van der Waals surface area contributed by atoms with Crippen LogP contribution in [0.1, 0.15) is 34.3 Å². The molecule has 0 saturated carbocycles. The molecule has 3 aromatic rings. The summed E-state index contributed by atoms with van der Waals surface area (Å²) in [6.07, 6.45) is -5.15. The van der Waals surface area contributed by atoms with Crippen LogP contribution in [0.5, 0.6) is 17.2 Å². The van der Waals surface area contributed by atoms with E-state index in [1.807, 2.05) is 0 Å². The van der Waals surface area contributed by atoms with Crippen molar-refractivity contribution < 1.29 is 46.8 Å². The highest BCUT2D eigenvalue weighted by atomic mass is 35.5. The Bertz CT molecular complexity index is 1430. The number of halogens is 5. The summed E-state index contributed by atoms with van der Waals surface area (Å²) in [6, 6.07) is 10.2. The van der Waals surface area contributed by atoms with Gasteiger partial charge in [-0.25, -0.2) is 9.18 Å². The van der Waals surface area contributed by atoms with E-state index in [9.17, 15) is 32.3 Å². The molecule has 1 aliphatic heterocycles. The molecular formula is C26H20ClF4NO6. The maximum atomic E-state index is 14.5. The fourth-order valence-electron chi connectivity index (χ4n) is 4.18. The summed E-state index contributed by atoms with van der Waals surface area (Å²) in [5.74, 6) is -4.42. The van der Waals surface area contributed by atoms with Crippen molar-refractivity contribution in [3.63, 3.8) is 0 Å². The van der Waals surface area contributed by atoms with Crippen LogP contribution in [0.2, 0.25) is 5.02 Å². The van der Waals surface area contributed by atoms with Crippen LogP contribution in [0.3, 0.4) is 0 Å². The van der Waals surface area contributed by atoms with Gasteiger partial charge in [0.15, 0.2) is 12.2 Å². The van der Waals surface area contributed by atoms with Gasteiger partial charge in [-0.1, -0.05) is 30.7 Å². The van der Waals surface area contributed by atoms with Crippen molar-refractivity contribution in [3.05, 3.63) is 82.1 Å². The Morgan fingerprint density at radius 2 is 1.76 bits per heavy atom. The lowest BCUT2D eigenvalue weighted by Crippen LogP contribution is -2.47. The number of nitrogens with zero attached hydrogens (tertiary/aromatic N) is 1. The van der Waals surface area contributed by atoms with Crippen LogP contribution in [0.25, 0.3) is 0 Å². The van der Waals surface area contributed by atoms with E-state index in [1.165, 1.54) is 37.4 Å². The maximum Gasteiger partial charge on any atom is 0.422 e. The van der Waals surface area contributed by atoms with E-state index in [0.29, 0.717) is 0 Å². The fourth-order valence-corrected chi connectivity index (χ4v) is 4.52. The number of carboxylic acid groups (broad SMARTS) is 1. The van der Waals surface area contributed by atoms with Gasteiger partial charge in [0.05, 0.1) is 11.3 Å². The van der Waals surface area contributed by atoms with Gasteiger partial charge in [-0.3, -0.25) is 4.79 Å². The third-order valence-electron chi connectivity index (χ3n) is 6.39. The van der Waals surface area contributed by atoms with E-state index >= 15 is 0 Å². The Hall–Kier alpha value is -3.83. The van der Waals surface area contributed by atoms with E-state index in [-0.39, 0.29) is 40.1 Å². The first-order chi connectivity index (χ1) is 17.7. The standard InChI is InChI=1S/C26H20ClF4NO6/c1-13(17-6-4-15(10-19(17)27)38-16-5-7-18(24(34)35)20(28)11-16)25(36,26(29,30)31)14-3-8-22-21(9-14)32(2)23(33)12-37-22/h3-11,13,36H,12H2,1-2H3,(H,34,35). The lowest BCUT2D eigenvalue weighted by Gasteiger charge is -2.38. The second-order valence-electron chi connectivity index (χ2n) is 8.64. The van der Waals surface area contributed by atoms with Crippen molar-refractivity contribution in [1.82, 2.24) is 0 Å². The topological polar surface area (TPSA) is 96.3 Å². The number of amides is 1. The van der Waals surface area contributed by atoms with Crippen molar-refractivity contribution in [2.24, 2.45) is 0 Å². The van der Waals surface area contributed by atoms with Crippen LogP contribution in [0.15, 0.2) is 54.6 Å². The molecule has 3 aromatic carbocycles. The molecule has 1 heterocycles. The third-order valence-corrected chi connectivity index (χ3v) is 6.72. The van der Waals surface area contributed by atoms with Crippen LogP contribution >= 0.6 is 11.6 Å². The van der Waals surface area contributed by atoms with E-state index in [2.05, 4.69) is 0 Å². The summed E-state index contributed by atoms with van der Waals surface area (Å²) >= 11 is 6.31. The molecule has 1 amide bonds. The van der Waals surface area contributed by atoms with Crippen molar-refractivity contribution in [2.75, 3.05) is 18.6 Å². The molecule has 2 unspecified atom stereocenters. The van der Waals surface area contributed by atoms with E-state index < -0.39 is 46.5 Å². The highest BCUT2D eigenvalue weighted by Crippen LogP contribution is 2.51. The molecule has 1 aliphatic rings. The van der Waals surface area contributed by atoms with E-state index in [4.69, 9.17) is 26.2 Å². The molecule has 4 rings (SSSR count). The van der Waals surface area contributed by atoms with Gasteiger partial charge in [-0.2, -0.15) is 13.2 Å². The number of ether oxygens (including phenoxy) is 2. The monoisotopic (exact) mass is 553 g/mol. The number of hydrogen-bond acceptors (Lipinski definition) is 5. The zero-order valence-electron chi connectivity index (χ0n) is 19.8. The maximum absolute atomic E-state index is 14.5. The van der Waals surface area contributed by atoms with Crippen molar-refractivity contribution in [3.8, 4) is 17.2 Å². The number of carboxylic acids is 1. The summed E-state index contributed by atoms with van der Waals surface area (Å²) in [4.78, 5) is 24.1. The second-order valence-corrected chi connectivity index (χ2v) is 9.05. The molecule has 0 saturated heterocycles. The largest absolute Gasteiger partial charge is 0.482 e. The van der Waals surface area contributed by atoms with Gasteiger partial charge in [0.25, 0.3) is 5.91 Å². The zero-order chi connectivity index (χ0) is 28.0. The minimum Gasteiger partial charge on any atom is -0.482 e. The van der Waals surface area contributed by atoms with Gasteiger partial charge >= 0.3 is 12.1 Å². The average molecular weight is 554 g/mol. The molecule has 2 N–H and O–H groups in total. The molecule has 0 fully saturated rings. The van der Waals surface area contributed by atoms with Crippen LogP contribution in [-0.2, 0) is 10.4 Å². The number of aliphatic hydroxyl groups is 1. The minimum absolute atomic E-state index is 0.0371. The summed E-state index contributed by atoms with van der Waals surface area (Å²) < 4.78 is 68.1. The molecule has 0 aromatic heterocycles. The summed E-state index contributed by atoms with van der Waals surface area (Å²) in [6.45, 7) is 0.892. The minimum atomic E-state index is -5.15. The van der Waals surface area contributed by atoms with Gasteiger partial charge in [-0.15, -0.1) is 0 Å². The number of likely N-dealkylation sites (N-methyl/N-ethyl adjacent to an activating group) is 1. The van der Waals surface area contributed by atoms with Gasteiger partial charge < -0.3 is 24.6 Å². The van der Waals surface area contributed by atoms with Gasteiger partial charge in [-0.05, 0) is 47.5 Å². The highest BCUT2D eigenvalue weighted by Gasteiger charge is 2.59. The molecule has 12 heteroatoms. The quantitative estimate of drug-likeness (QED) is 0.370. The molecule has 7 nitrogen and oxygen atoms in total. The Labute approximate surface area is 218 Å². The van der Waals surface area contributed by atoms with Gasteiger partial charge in [0.1, 0.15) is 23.1 Å². The lowest BCUT2D eigenvalue weighted by molar-refractivity contribution is -0.274. The number of rotatable bonds is 6. The van der Waals surface area contributed by atoms with Gasteiger partial charge in [0, 0.05) is 24.1 Å². The molecular weight excluding hydrogens is 534 g/mol. The number of fused-ring (bicyclic) bond motifs is 1. The lowest BCUT2D eigenvalue weighted by atomic mass is 9.77. The number of alkyl halides is 3. The Balaban J connectivity index is 1.69. The molecule has 0 aliphatic carbocycles. The fraction of sp³-hybridized carbons (Fsp3) is 0.231. The number of benzene rings is 3. The van der Waals surface area contributed by atoms with Crippen LogP contribution in [-0.4, -0.2) is 41.9 Å². The smallest absolute Gasteiger partial charge is 0.422 e. The normalized spacial score (nSPS) is 15.8. The van der Waals surface area contributed by atoms with Gasteiger partial charge in [0.2, 0.25) is 0 Å². The molecule has 0 radical (unpaired) electrons. The summed E-state index contributed by atoms with van der Waals surface area (Å²) in [5.41, 5.74) is -4.48. The third kappa shape index (κ3) is 4.74.